The third-order valence-electron chi connectivity index (χ3n) is 1.92. The molecule has 0 aromatic heterocycles. The fraction of sp³-hybridized carbons (Fsp3) is 0.111. The number of alkyl halides is 1. The average Bonchev–Trinajstić information content (AvgIpc) is 2.26. The number of carbonyl (C=O) groups excluding carboxylic acids is 1. The van der Waals surface area contributed by atoms with Crippen molar-refractivity contribution < 1.29 is 9.72 Å². The zero-order valence-corrected chi connectivity index (χ0v) is 8.69. The Kier molecular flexibility index (Phi) is 3.43. The molecule has 1 aromatic rings. The average molecular weight is 240 g/mol. The number of rotatable bonds is 3. The molecule has 0 heterocycles. The molecule has 0 atom stereocenters. The number of ketones is 1. The summed E-state index contributed by atoms with van der Waals surface area (Å²) in [6, 6.07) is 3.89. The summed E-state index contributed by atoms with van der Waals surface area (Å²) in [5, 5.41) is 19.4. The van der Waals surface area contributed by atoms with Crippen LogP contribution >= 0.6 is 11.6 Å². The molecule has 0 unspecified atom stereocenters. The first kappa shape index (κ1) is 11.9. The molecule has 0 saturated heterocycles. The number of nitrogens with two attached hydrogens (primary N) is 1. The molecule has 0 spiro atoms. The van der Waals surface area contributed by atoms with Gasteiger partial charge in [0.1, 0.15) is 11.6 Å². The minimum atomic E-state index is -0.747. The third kappa shape index (κ3) is 1.94. The summed E-state index contributed by atoms with van der Waals surface area (Å²) < 4.78 is 0. The lowest BCUT2D eigenvalue weighted by Crippen LogP contribution is -2.09. The van der Waals surface area contributed by atoms with Gasteiger partial charge in [0.15, 0.2) is 5.78 Å². The molecule has 82 valence electrons. The van der Waals surface area contributed by atoms with E-state index in [0.29, 0.717) is 0 Å². The number of halogens is 1. The van der Waals surface area contributed by atoms with Gasteiger partial charge in [-0.25, -0.2) is 0 Å². The number of nitrogens with zero attached hydrogens (tertiary/aromatic N) is 2. The van der Waals surface area contributed by atoms with Crippen molar-refractivity contribution in [2.75, 3.05) is 11.6 Å². The normalized spacial score (nSPS) is 9.50. The van der Waals surface area contributed by atoms with Crippen LogP contribution in [0.5, 0.6) is 0 Å². The van der Waals surface area contributed by atoms with E-state index in [1.807, 2.05) is 0 Å². The highest BCUT2D eigenvalue weighted by Gasteiger charge is 2.23. The van der Waals surface area contributed by atoms with Crippen molar-refractivity contribution in [1.82, 2.24) is 0 Å². The van der Waals surface area contributed by atoms with E-state index in [2.05, 4.69) is 0 Å². The molecule has 1 rings (SSSR count). The lowest BCUT2D eigenvalue weighted by molar-refractivity contribution is -0.385. The number of nitro benzene ring substituents is 1. The van der Waals surface area contributed by atoms with Crippen molar-refractivity contribution in [1.29, 1.82) is 5.26 Å². The van der Waals surface area contributed by atoms with Crippen LogP contribution in [-0.4, -0.2) is 16.6 Å². The van der Waals surface area contributed by atoms with Gasteiger partial charge in [-0.3, -0.25) is 14.9 Å². The maximum atomic E-state index is 11.4. The Labute approximate surface area is 95.4 Å². The highest BCUT2D eigenvalue weighted by atomic mass is 35.5. The van der Waals surface area contributed by atoms with Gasteiger partial charge in [0, 0.05) is 11.8 Å². The fourth-order valence-electron chi connectivity index (χ4n) is 1.24. The lowest BCUT2D eigenvalue weighted by Gasteiger charge is -2.05. The number of nitriles is 1. The van der Waals surface area contributed by atoms with Crippen molar-refractivity contribution in [2.45, 2.75) is 0 Å². The largest absolute Gasteiger partial charge is 0.398 e. The smallest absolute Gasteiger partial charge is 0.287 e. The van der Waals surface area contributed by atoms with Crippen molar-refractivity contribution in [3.8, 4) is 6.07 Å². The zero-order valence-electron chi connectivity index (χ0n) is 7.94. The molecule has 0 aliphatic heterocycles. The number of carbonyl (C=O) groups is 1. The highest BCUT2D eigenvalue weighted by Crippen LogP contribution is 2.27. The molecule has 2 N–H and O–H groups in total. The maximum Gasteiger partial charge on any atom is 0.287 e. The second kappa shape index (κ2) is 4.59. The molecule has 0 bridgehead atoms. The Morgan fingerprint density at radius 2 is 2.25 bits per heavy atom. The molecule has 7 heteroatoms. The van der Waals surface area contributed by atoms with E-state index in [4.69, 9.17) is 22.6 Å². The van der Waals surface area contributed by atoms with E-state index in [1.165, 1.54) is 6.07 Å². The fourth-order valence-corrected chi connectivity index (χ4v) is 1.37. The number of Topliss-reactive ketones (excluding diaryl/α,β-unsaturated/α-hetero) is 1. The Morgan fingerprint density at radius 3 is 2.69 bits per heavy atom. The summed E-state index contributed by atoms with van der Waals surface area (Å²) in [5.74, 6) is -1.00. The molecular formula is C9H6ClN3O3. The van der Waals surface area contributed by atoms with Crippen LogP contribution in [-0.2, 0) is 0 Å². The predicted octanol–water partition coefficient (Wildman–Crippen LogP) is 1.47. The van der Waals surface area contributed by atoms with Gasteiger partial charge in [-0.05, 0) is 6.07 Å². The SMILES string of the molecule is N#Cc1c([N+](=O)[O-])ccc(N)c1C(=O)CCl. The second-order valence-electron chi connectivity index (χ2n) is 2.85. The van der Waals surface area contributed by atoms with Crippen molar-refractivity contribution in [2.24, 2.45) is 0 Å². The summed E-state index contributed by atoms with van der Waals surface area (Å²) in [5.41, 5.74) is 4.50. The molecule has 0 aliphatic carbocycles. The van der Waals surface area contributed by atoms with Crippen molar-refractivity contribution in [3.63, 3.8) is 0 Å². The van der Waals surface area contributed by atoms with Gasteiger partial charge < -0.3 is 5.73 Å². The number of benzene rings is 1. The number of hydrogen-bond donors (Lipinski definition) is 1. The van der Waals surface area contributed by atoms with Gasteiger partial charge in [0.2, 0.25) is 0 Å². The van der Waals surface area contributed by atoms with Crippen LogP contribution in [0.4, 0.5) is 11.4 Å². The number of hydrogen-bond acceptors (Lipinski definition) is 5. The van der Waals surface area contributed by atoms with E-state index in [0.717, 1.165) is 6.07 Å². The molecule has 0 radical (unpaired) electrons. The molecule has 0 aliphatic rings. The Hall–Kier alpha value is -2.13. The summed E-state index contributed by atoms with van der Waals surface area (Å²) in [7, 11) is 0. The quantitative estimate of drug-likeness (QED) is 0.282. The molecular weight excluding hydrogens is 234 g/mol. The first-order chi connectivity index (χ1) is 7.52. The van der Waals surface area contributed by atoms with E-state index in [1.54, 1.807) is 6.07 Å². The van der Waals surface area contributed by atoms with Gasteiger partial charge in [-0.1, -0.05) is 0 Å². The van der Waals surface area contributed by atoms with Crippen LogP contribution in [0, 0.1) is 21.4 Å². The van der Waals surface area contributed by atoms with Crippen molar-refractivity contribution in [3.05, 3.63) is 33.4 Å². The highest BCUT2D eigenvalue weighted by molar-refractivity contribution is 6.31. The molecule has 0 saturated carbocycles. The Balaban J connectivity index is 3.58. The van der Waals surface area contributed by atoms with E-state index in [-0.39, 0.29) is 22.7 Å². The van der Waals surface area contributed by atoms with Gasteiger partial charge >= 0.3 is 0 Å². The minimum Gasteiger partial charge on any atom is -0.398 e. The summed E-state index contributed by atoms with van der Waals surface area (Å²) in [6.07, 6.45) is 0. The van der Waals surface area contributed by atoms with E-state index < -0.39 is 16.4 Å². The maximum absolute atomic E-state index is 11.4. The predicted molar refractivity (Wildman–Crippen MR) is 57.3 cm³/mol. The molecule has 6 nitrogen and oxygen atoms in total. The van der Waals surface area contributed by atoms with Gasteiger partial charge in [0.25, 0.3) is 5.69 Å². The van der Waals surface area contributed by atoms with Crippen LogP contribution in [0.25, 0.3) is 0 Å². The molecule has 1 aromatic carbocycles. The Morgan fingerprint density at radius 1 is 1.62 bits per heavy atom. The summed E-state index contributed by atoms with van der Waals surface area (Å²) >= 11 is 5.33. The topological polar surface area (TPSA) is 110 Å². The Bertz CT molecular complexity index is 507. The van der Waals surface area contributed by atoms with Crippen LogP contribution in [0.15, 0.2) is 12.1 Å². The molecule has 16 heavy (non-hydrogen) atoms. The molecule has 0 amide bonds. The number of anilines is 1. The van der Waals surface area contributed by atoms with Gasteiger partial charge in [-0.2, -0.15) is 5.26 Å². The van der Waals surface area contributed by atoms with E-state index in [9.17, 15) is 14.9 Å². The van der Waals surface area contributed by atoms with Crippen LogP contribution in [0.3, 0.4) is 0 Å². The van der Waals surface area contributed by atoms with Crippen LogP contribution in [0.2, 0.25) is 0 Å². The third-order valence-corrected chi connectivity index (χ3v) is 2.17. The van der Waals surface area contributed by atoms with Crippen molar-refractivity contribution >= 4 is 28.8 Å². The van der Waals surface area contributed by atoms with E-state index >= 15 is 0 Å². The van der Waals surface area contributed by atoms with Crippen LogP contribution in [0.1, 0.15) is 15.9 Å². The van der Waals surface area contributed by atoms with Gasteiger partial charge in [-0.15, -0.1) is 11.6 Å². The summed E-state index contributed by atoms with van der Waals surface area (Å²) in [4.78, 5) is 21.3. The monoisotopic (exact) mass is 239 g/mol. The number of nitrogen functional groups attached to an aromatic ring is 1. The van der Waals surface area contributed by atoms with Gasteiger partial charge in [0.05, 0.1) is 16.4 Å². The molecule has 0 fully saturated rings. The lowest BCUT2D eigenvalue weighted by atomic mass is 10.0. The first-order valence-electron chi connectivity index (χ1n) is 4.09. The number of nitro groups is 1. The first-order valence-corrected chi connectivity index (χ1v) is 4.62. The minimum absolute atomic E-state index is 0.00722. The zero-order chi connectivity index (χ0) is 12.3. The summed E-state index contributed by atoms with van der Waals surface area (Å²) in [6.45, 7) is 0. The van der Waals surface area contributed by atoms with Crippen LogP contribution < -0.4 is 5.73 Å². The second-order valence-corrected chi connectivity index (χ2v) is 3.12. The standard InChI is InChI=1S/C9H6ClN3O3/c10-3-8(14)9-5(4-11)7(13(15)16)2-1-6(9)12/h1-2H,3,12H2.